The number of urea groups is 2. The standard InChI is InChI=1S/C25H29N7O.C24H26N6O3/c1-17-3-5-19(6-4-17)11-12-22-29-23(16-32-15-18(2)28-25(32)33)31-24(30-22)27-14-21-9-7-20(13-26)8-10-21;1-16-3-5-17(6-4-16)9-12-20-26-21(14-30-15-22(31)29-24(30)32)28-23(27-20)25-13-18-7-10-19(33-2)11-8-18/h3-10H,2,11-16,26H2,1H3,(H,28,33)(H,27,29,30,31);3-8,10-11H,9,12-15H2,1-2H3,(H,29,31,32)(H,25,26,27,28). The molecule has 2 aromatic heterocycles. The second-order valence-electron chi connectivity index (χ2n) is 16.1. The average molecular weight is 890 g/mol. The number of methoxy groups -OCH3 is 1. The van der Waals surface area contributed by atoms with Crippen molar-refractivity contribution in [3.8, 4) is 5.75 Å². The molecule has 8 rings (SSSR count). The SMILES string of the molecule is C=C1CN(Cc2nc(CCc3ccc(C)cc3)nc(NCc3ccc(CN)cc3)n2)C(=O)N1.COc1ccc(CNc2nc(CCc3ccc(C)cc3)nc(CN3CC(=O)NC3=O)n2)cc1. The summed E-state index contributed by atoms with van der Waals surface area (Å²) in [7, 11) is 1.63. The van der Waals surface area contributed by atoms with E-state index in [0.29, 0.717) is 86.5 Å². The first-order chi connectivity index (χ1) is 32.0. The van der Waals surface area contributed by atoms with Gasteiger partial charge in [0, 0.05) is 38.2 Å². The number of nitrogens with two attached hydrogens (primary N) is 1. The lowest BCUT2D eigenvalue weighted by Crippen LogP contribution is -2.29. The molecule has 0 aliphatic carbocycles. The number of hydrogen-bond acceptors (Lipinski definition) is 13. The number of ether oxygens (including phenoxy) is 1. The van der Waals surface area contributed by atoms with Gasteiger partial charge in [-0.25, -0.2) is 19.6 Å². The van der Waals surface area contributed by atoms with Crippen molar-refractivity contribution in [1.29, 1.82) is 0 Å². The Morgan fingerprint density at radius 2 is 0.985 bits per heavy atom. The Morgan fingerprint density at radius 1 is 0.561 bits per heavy atom. The summed E-state index contributed by atoms with van der Waals surface area (Å²) in [5, 5.41) is 11.5. The molecule has 340 valence electrons. The summed E-state index contributed by atoms with van der Waals surface area (Å²) in [6.45, 7) is 10.5. The molecule has 0 bridgehead atoms. The van der Waals surface area contributed by atoms with Gasteiger partial charge in [-0.3, -0.25) is 10.1 Å². The third kappa shape index (κ3) is 13.6. The number of aromatic nitrogens is 6. The van der Waals surface area contributed by atoms with E-state index in [2.05, 4.69) is 120 Å². The second kappa shape index (κ2) is 22.2. The van der Waals surface area contributed by atoms with Gasteiger partial charge < -0.3 is 36.2 Å². The topological polar surface area (TPSA) is 218 Å². The summed E-state index contributed by atoms with van der Waals surface area (Å²) in [5.41, 5.74) is 14.5. The fraction of sp³-hybridized carbons (Fsp3) is 0.286. The summed E-state index contributed by atoms with van der Waals surface area (Å²) in [6.07, 6.45) is 2.91. The number of aryl methyl sites for hydroxylation is 6. The van der Waals surface area contributed by atoms with Crippen LogP contribution in [-0.4, -0.2) is 77.9 Å². The van der Waals surface area contributed by atoms with E-state index in [9.17, 15) is 14.4 Å². The number of nitrogens with one attached hydrogen (secondary N) is 4. The molecule has 2 saturated heterocycles. The lowest BCUT2D eigenvalue weighted by Gasteiger charge is -2.14. The van der Waals surface area contributed by atoms with E-state index in [0.717, 1.165) is 35.3 Å². The molecule has 4 aromatic carbocycles. The number of amides is 5. The van der Waals surface area contributed by atoms with Gasteiger partial charge in [-0.2, -0.15) is 19.9 Å². The van der Waals surface area contributed by atoms with E-state index >= 15 is 0 Å². The van der Waals surface area contributed by atoms with E-state index in [1.54, 1.807) is 12.0 Å². The van der Waals surface area contributed by atoms with Gasteiger partial charge in [-0.05, 0) is 66.6 Å². The highest BCUT2D eigenvalue weighted by Crippen LogP contribution is 2.16. The van der Waals surface area contributed by atoms with Gasteiger partial charge in [0.15, 0.2) is 11.6 Å². The van der Waals surface area contributed by atoms with E-state index < -0.39 is 6.03 Å². The third-order valence-corrected chi connectivity index (χ3v) is 10.8. The molecular weight excluding hydrogens is 835 g/mol. The van der Waals surface area contributed by atoms with E-state index in [1.165, 1.54) is 27.2 Å². The fourth-order valence-corrected chi connectivity index (χ4v) is 7.03. The minimum absolute atomic E-state index is 0.00216. The zero-order valence-electron chi connectivity index (χ0n) is 37.5. The molecule has 0 saturated carbocycles. The maximum absolute atomic E-state index is 12.1. The van der Waals surface area contributed by atoms with E-state index in [-0.39, 0.29) is 25.0 Å². The molecule has 5 amide bonds. The van der Waals surface area contributed by atoms with Crippen LogP contribution in [0.3, 0.4) is 0 Å². The first kappa shape index (κ1) is 46.2. The van der Waals surface area contributed by atoms with Gasteiger partial charge in [0.1, 0.15) is 23.9 Å². The number of carbonyl (C=O) groups excluding carboxylic acids is 3. The number of anilines is 2. The predicted molar refractivity (Wildman–Crippen MR) is 251 cm³/mol. The fourth-order valence-electron chi connectivity index (χ4n) is 7.03. The maximum atomic E-state index is 12.1. The molecule has 66 heavy (non-hydrogen) atoms. The maximum Gasteiger partial charge on any atom is 0.324 e. The number of carbonyl (C=O) groups is 3. The summed E-state index contributed by atoms with van der Waals surface area (Å²) in [5.74, 6) is 3.70. The zero-order chi connectivity index (χ0) is 46.4. The molecule has 17 nitrogen and oxygen atoms in total. The smallest absolute Gasteiger partial charge is 0.324 e. The average Bonchev–Trinajstić information content (AvgIpc) is 3.82. The highest BCUT2D eigenvalue weighted by atomic mass is 16.5. The van der Waals surface area contributed by atoms with Crippen LogP contribution >= 0.6 is 0 Å². The number of hydrogen-bond donors (Lipinski definition) is 5. The van der Waals surface area contributed by atoms with Gasteiger partial charge in [0.25, 0.3) is 0 Å². The normalized spacial score (nSPS) is 13.3. The van der Waals surface area contributed by atoms with Crippen LogP contribution in [-0.2, 0) is 63.2 Å². The Kier molecular flexibility index (Phi) is 15.6. The minimum Gasteiger partial charge on any atom is -0.497 e. The number of benzene rings is 4. The third-order valence-electron chi connectivity index (χ3n) is 10.8. The van der Waals surface area contributed by atoms with Crippen molar-refractivity contribution in [2.24, 2.45) is 5.73 Å². The molecule has 2 aliphatic rings. The molecular formula is C49H55N13O4. The Balaban J connectivity index is 0.000000196. The van der Waals surface area contributed by atoms with Crippen molar-refractivity contribution in [2.45, 2.75) is 72.3 Å². The summed E-state index contributed by atoms with van der Waals surface area (Å²) >= 11 is 0. The summed E-state index contributed by atoms with van der Waals surface area (Å²) in [4.78, 5) is 66.1. The Bertz CT molecular complexity index is 2440. The Hall–Kier alpha value is -7.79. The first-order valence-corrected chi connectivity index (χ1v) is 21.8. The van der Waals surface area contributed by atoms with Crippen molar-refractivity contribution in [2.75, 3.05) is 30.8 Å². The quantitative estimate of drug-likeness (QED) is 0.0654. The first-order valence-electron chi connectivity index (χ1n) is 21.8. The van der Waals surface area contributed by atoms with Crippen LogP contribution in [0, 0.1) is 13.8 Å². The Morgan fingerprint density at radius 3 is 1.41 bits per heavy atom. The summed E-state index contributed by atoms with van der Waals surface area (Å²) < 4.78 is 5.20. The number of rotatable bonds is 18. The van der Waals surface area contributed by atoms with Crippen LogP contribution in [0.1, 0.15) is 62.2 Å². The lowest BCUT2D eigenvalue weighted by molar-refractivity contribution is -0.118. The van der Waals surface area contributed by atoms with E-state index in [4.69, 9.17) is 10.5 Å². The van der Waals surface area contributed by atoms with Crippen LogP contribution in [0.5, 0.6) is 5.75 Å². The largest absolute Gasteiger partial charge is 0.497 e. The highest BCUT2D eigenvalue weighted by Gasteiger charge is 2.28. The number of nitrogens with zero attached hydrogens (tertiary/aromatic N) is 8. The van der Waals surface area contributed by atoms with Crippen molar-refractivity contribution in [3.63, 3.8) is 0 Å². The molecule has 2 fully saturated rings. The van der Waals surface area contributed by atoms with Gasteiger partial charge in [-0.15, -0.1) is 0 Å². The number of imide groups is 1. The van der Waals surface area contributed by atoms with Crippen molar-refractivity contribution in [3.05, 3.63) is 172 Å². The lowest BCUT2D eigenvalue weighted by atomic mass is 10.1. The molecule has 4 heterocycles. The molecule has 0 unspecified atom stereocenters. The van der Waals surface area contributed by atoms with Gasteiger partial charge in [0.2, 0.25) is 17.8 Å². The molecule has 0 spiro atoms. The van der Waals surface area contributed by atoms with Crippen LogP contribution in [0.4, 0.5) is 21.5 Å². The van der Waals surface area contributed by atoms with Gasteiger partial charge in [0.05, 0.1) is 26.7 Å². The monoisotopic (exact) mass is 889 g/mol. The van der Waals surface area contributed by atoms with Crippen molar-refractivity contribution in [1.82, 2.24) is 50.3 Å². The predicted octanol–water partition coefficient (Wildman–Crippen LogP) is 5.71. The molecule has 0 atom stereocenters. The molecule has 0 radical (unpaired) electrons. The molecule has 2 aliphatic heterocycles. The molecule has 6 N–H and O–H groups in total. The zero-order valence-corrected chi connectivity index (χ0v) is 37.5. The minimum atomic E-state index is -0.436. The van der Waals surface area contributed by atoms with Gasteiger partial charge >= 0.3 is 12.1 Å². The van der Waals surface area contributed by atoms with Crippen LogP contribution < -0.4 is 31.7 Å². The Labute approximate surface area is 384 Å². The van der Waals surface area contributed by atoms with Crippen LogP contribution in [0.15, 0.2) is 109 Å². The molecule has 17 heteroatoms. The molecule has 6 aromatic rings. The highest BCUT2D eigenvalue weighted by molar-refractivity contribution is 6.01. The van der Waals surface area contributed by atoms with Crippen molar-refractivity contribution >= 4 is 29.9 Å². The van der Waals surface area contributed by atoms with Crippen LogP contribution in [0.2, 0.25) is 0 Å². The second-order valence-corrected chi connectivity index (χ2v) is 16.1. The van der Waals surface area contributed by atoms with Crippen molar-refractivity contribution < 1.29 is 19.1 Å². The van der Waals surface area contributed by atoms with Crippen LogP contribution in [0.25, 0.3) is 0 Å². The van der Waals surface area contributed by atoms with Gasteiger partial charge in [-0.1, -0.05) is 103 Å². The van der Waals surface area contributed by atoms with E-state index in [1.807, 2.05) is 48.5 Å². The summed E-state index contributed by atoms with van der Waals surface area (Å²) in [6, 6.07) is 32.0.